The molecule has 0 saturated heterocycles. The van der Waals surface area contributed by atoms with E-state index in [0.29, 0.717) is 12.1 Å². The third kappa shape index (κ3) is 3.27. The molecule has 0 bridgehead atoms. The zero-order valence-corrected chi connectivity index (χ0v) is 11.2. The second kappa shape index (κ2) is 5.77. The molecule has 1 aromatic heterocycles. The van der Waals surface area contributed by atoms with Gasteiger partial charge in [-0.05, 0) is 30.8 Å². The summed E-state index contributed by atoms with van der Waals surface area (Å²) in [7, 11) is -1.90. The molecule has 0 amide bonds. The van der Waals surface area contributed by atoms with Crippen molar-refractivity contribution in [2.24, 2.45) is 0 Å². The van der Waals surface area contributed by atoms with Gasteiger partial charge in [-0.1, -0.05) is 18.2 Å². The van der Waals surface area contributed by atoms with Crippen molar-refractivity contribution < 1.29 is 8.42 Å². The Morgan fingerprint density at radius 1 is 1.16 bits per heavy atom. The van der Waals surface area contributed by atoms with Crippen LogP contribution < -0.4 is 10.0 Å². The first-order valence-corrected chi connectivity index (χ1v) is 7.15. The smallest absolute Gasteiger partial charge is 0.263 e. The van der Waals surface area contributed by atoms with Crippen LogP contribution in [0.15, 0.2) is 47.5 Å². The molecule has 2 rings (SSSR count). The average molecular weight is 278 g/mol. The van der Waals surface area contributed by atoms with Crippen molar-refractivity contribution >= 4 is 15.8 Å². The van der Waals surface area contributed by atoms with Crippen LogP contribution in [0.2, 0.25) is 0 Å². The van der Waals surface area contributed by atoms with Crippen LogP contribution in [0.5, 0.6) is 0 Å². The van der Waals surface area contributed by atoms with Crippen molar-refractivity contribution in [3.05, 3.63) is 48.2 Å². The first-order valence-electron chi connectivity index (χ1n) is 5.66. The van der Waals surface area contributed by atoms with Gasteiger partial charge in [-0.3, -0.25) is 4.72 Å². The number of nitrogens with zero attached hydrogens (tertiary/aromatic N) is 2. The van der Waals surface area contributed by atoms with E-state index in [1.165, 1.54) is 6.20 Å². The number of anilines is 1. The third-order valence-electron chi connectivity index (χ3n) is 2.44. The number of rotatable bonds is 5. The summed E-state index contributed by atoms with van der Waals surface area (Å²) in [5.74, 6) is 0.196. The van der Waals surface area contributed by atoms with E-state index >= 15 is 0 Å². The second-order valence-electron chi connectivity index (χ2n) is 3.85. The number of hydrogen-bond donors (Lipinski definition) is 2. The van der Waals surface area contributed by atoms with E-state index in [-0.39, 0.29) is 10.7 Å². The van der Waals surface area contributed by atoms with Gasteiger partial charge in [0.2, 0.25) is 0 Å². The van der Waals surface area contributed by atoms with E-state index in [0.717, 1.165) is 0 Å². The molecule has 1 aromatic carbocycles. The molecule has 0 radical (unpaired) electrons. The lowest BCUT2D eigenvalue weighted by Gasteiger charge is -2.11. The van der Waals surface area contributed by atoms with Gasteiger partial charge < -0.3 is 5.32 Å². The summed E-state index contributed by atoms with van der Waals surface area (Å²) in [6.07, 6.45) is 1.48. The van der Waals surface area contributed by atoms with Crippen LogP contribution in [-0.4, -0.2) is 25.7 Å². The maximum Gasteiger partial charge on any atom is 0.263 e. The van der Waals surface area contributed by atoms with E-state index < -0.39 is 10.0 Å². The van der Waals surface area contributed by atoms with Crippen LogP contribution in [0.3, 0.4) is 0 Å². The Kier molecular flexibility index (Phi) is 4.08. The quantitative estimate of drug-likeness (QED) is 0.852. The Hall–Kier alpha value is -1.99. The monoisotopic (exact) mass is 278 g/mol. The number of hydrogen-bond acceptors (Lipinski definition) is 5. The molecule has 6 nitrogen and oxygen atoms in total. The third-order valence-corrected chi connectivity index (χ3v) is 3.90. The predicted molar refractivity (Wildman–Crippen MR) is 72.0 cm³/mol. The highest BCUT2D eigenvalue weighted by atomic mass is 32.2. The molecule has 0 saturated carbocycles. The molecule has 1 heterocycles. The molecule has 0 fully saturated rings. The maximum absolute atomic E-state index is 12.3. The molecule has 2 N–H and O–H groups in total. The molecule has 0 spiro atoms. The number of benzene rings is 1. The zero-order chi connectivity index (χ0) is 13.7. The zero-order valence-electron chi connectivity index (χ0n) is 10.4. The molecule has 2 aromatic rings. The van der Waals surface area contributed by atoms with Crippen LogP contribution in [0.4, 0.5) is 5.82 Å². The van der Waals surface area contributed by atoms with Crippen molar-refractivity contribution in [2.45, 2.75) is 11.4 Å². The van der Waals surface area contributed by atoms with Gasteiger partial charge in [0.05, 0.1) is 4.90 Å². The topological polar surface area (TPSA) is 84.0 Å². The van der Waals surface area contributed by atoms with Crippen molar-refractivity contribution in [3.63, 3.8) is 0 Å². The minimum absolute atomic E-state index is 0.196. The largest absolute Gasteiger partial charge is 0.316 e. The highest BCUT2D eigenvalue weighted by Crippen LogP contribution is 2.18. The molecule has 0 atom stereocenters. The summed E-state index contributed by atoms with van der Waals surface area (Å²) >= 11 is 0. The lowest BCUT2D eigenvalue weighted by molar-refractivity contribution is 0.599. The fourth-order valence-corrected chi connectivity index (χ4v) is 2.89. The highest BCUT2D eigenvalue weighted by Gasteiger charge is 2.18. The molecule has 0 aliphatic heterocycles. The van der Waals surface area contributed by atoms with Crippen LogP contribution in [-0.2, 0) is 16.6 Å². The Morgan fingerprint density at radius 2 is 1.95 bits per heavy atom. The number of nitrogens with one attached hydrogen (secondary N) is 2. The normalized spacial score (nSPS) is 11.2. The standard InChI is InChI=1S/C12H14N4O2S/c1-13-9-10-5-2-3-6-11(10)19(17,18)16-12-7-4-8-14-15-12/h2-8,13H,9H2,1H3,(H,15,16). The van der Waals surface area contributed by atoms with Crippen molar-refractivity contribution in [3.8, 4) is 0 Å². The van der Waals surface area contributed by atoms with Crippen molar-refractivity contribution in [1.29, 1.82) is 0 Å². The molecule has 0 unspecified atom stereocenters. The minimum atomic E-state index is -3.66. The van der Waals surface area contributed by atoms with Crippen LogP contribution in [0, 0.1) is 0 Å². The lowest BCUT2D eigenvalue weighted by Crippen LogP contribution is -2.18. The Bertz CT molecular complexity index is 644. The lowest BCUT2D eigenvalue weighted by atomic mass is 10.2. The van der Waals surface area contributed by atoms with Crippen LogP contribution >= 0.6 is 0 Å². The van der Waals surface area contributed by atoms with Gasteiger partial charge in [0, 0.05) is 12.7 Å². The second-order valence-corrected chi connectivity index (χ2v) is 5.50. The van der Waals surface area contributed by atoms with Gasteiger partial charge in [0.15, 0.2) is 5.82 Å². The molecular weight excluding hydrogens is 264 g/mol. The van der Waals surface area contributed by atoms with Crippen molar-refractivity contribution in [2.75, 3.05) is 11.8 Å². The van der Waals surface area contributed by atoms with Gasteiger partial charge >= 0.3 is 0 Å². The molecular formula is C12H14N4O2S. The highest BCUT2D eigenvalue weighted by molar-refractivity contribution is 7.92. The van der Waals surface area contributed by atoms with Crippen LogP contribution in [0.25, 0.3) is 0 Å². The Labute approximate surface area is 111 Å². The summed E-state index contributed by atoms with van der Waals surface area (Å²) in [4.78, 5) is 0.231. The van der Waals surface area contributed by atoms with E-state index in [1.807, 2.05) is 0 Å². The summed E-state index contributed by atoms with van der Waals surface area (Å²) < 4.78 is 27.0. The first kappa shape index (κ1) is 13.4. The van der Waals surface area contributed by atoms with E-state index in [4.69, 9.17) is 0 Å². The Morgan fingerprint density at radius 3 is 2.63 bits per heavy atom. The fourth-order valence-electron chi connectivity index (χ4n) is 1.65. The first-order chi connectivity index (χ1) is 9.13. The average Bonchev–Trinajstić information content (AvgIpc) is 2.40. The van der Waals surface area contributed by atoms with Crippen LogP contribution in [0.1, 0.15) is 5.56 Å². The number of aromatic nitrogens is 2. The van der Waals surface area contributed by atoms with E-state index in [9.17, 15) is 8.42 Å². The maximum atomic E-state index is 12.3. The van der Waals surface area contributed by atoms with Gasteiger partial charge in [-0.15, -0.1) is 5.10 Å². The molecule has 0 aliphatic rings. The Balaban J connectivity index is 2.35. The van der Waals surface area contributed by atoms with Gasteiger partial charge in [-0.25, -0.2) is 8.42 Å². The molecule has 100 valence electrons. The molecule has 19 heavy (non-hydrogen) atoms. The van der Waals surface area contributed by atoms with Gasteiger partial charge in [-0.2, -0.15) is 5.10 Å². The SMILES string of the molecule is CNCc1ccccc1S(=O)(=O)Nc1cccnn1. The summed E-state index contributed by atoms with van der Waals surface area (Å²) in [6.45, 7) is 0.470. The fraction of sp³-hybridized carbons (Fsp3) is 0.167. The summed E-state index contributed by atoms with van der Waals surface area (Å²) in [6, 6.07) is 9.97. The summed E-state index contributed by atoms with van der Waals surface area (Å²) in [5.41, 5.74) is 0.696. The van der Waals surface area contributed by atoms with Crippen molar-refractivity contribution in [1.82, 2.24) is 15.5 Å². The number of sulfonamides is 1. The van der Waals surface area contributed by atoms with E-state index in [2.05, 4.69) is 20.2 Å². The minimum Gasteiger partial charge on any atom is -0.316 e. The van der Waals surface area contributed by atoms with E-state index in [1.54, 1.807) is 43.4 Å². The predicted octanol–water partition coefficient (Wildman–Crippen LogP) is 0.997. The summed E-state index contributed by atoms with van der Waals surface area (Å²) in [5, 5.41) is 10.3. The van der Waals surface area contributed by atoms with Gasteiger partial charge in [0.25, 0.3) is 10.0 Å². The van der Waals surface area contributed by atoms with Gasteiger partial charge in [0.1, 0.15) is 0 Å². The molecule has 7 heteroatoms. The molecule has 0 aliphatic carbocycles.